The summed E-state index contributed by atoms with van der Waals surface area (Å²) < 4.78 is 0. The van der Waals surface area contributed by atoms with Crippen LogP contribution in [0.2, 0.25) is 0 Å². The third-order valence-corrected chi connectivity index (χ3v) is 2.02. The number of nitrogens with zero attached hydrogens (tertiary/aromatic N) is 1. The smallest absolute Gasteiger partial charge is 0.345 e. The van der Waals surface area contributed by atoms with Crippen LogP contribution in [0.25, 0.3) is 10.9 Å². The van der Waals surface area contributed by atoms with Crippen molar-refractivity contribution in [3.8, 4) is 0 Å². The van der Waals surface area contributed by atoms with E-state index in [1.165, 1.54) is 0 Å². The number of primary amides is 1. The van der Waals surface area contributed by atoms with Gasteiger partial charge >= 0.3 is 5.69 Å². The molecule has 5 nitrogen and oxygen atoms in total. The number of aromatic amines is 1. The minimum absolute atomic E-state index is 0.211. The predicted molar refractivity (Wildman–Crippen MR) is 66.5 cm³/mol. The summed E-state index contributed by atoms with van der Waals surface area (Å²) in [6.07, 6.45) is 2.93. The summed E-state index contributed by atoms with van der Waals surface area (Å²) in [4.78, 5) is 26.8. The molecule has 1 aromatic heterocycles. The number of hydrogen-bond donors (Lipinski definition) is 2. The van der Waals surface area contributed by atoms with Crippen molar-refractivity contribution in [2.45, 2.75) is 19.8 Å². The summed E-state index contributed by atoms with van der Waals surface area (Å²) in [6.45, 7) is 1.92. The van der Waals surface area contributed by atoms with Gasteiger partial charge in [0.1, 0.15) is 0 Å². The number of nitrogens with one attached hydrogen (secondary N) is 1. The maximum absolute atomic E-state index is 10.7. The lowest BCUT2D eigenvalue weighted by atomic mass is 10.2. The number of hydrogen-bond acceptors (Lipinski definition) is 3. The Morgan fingerprint density at radius 3 is 2.71 bits per heavy atom. The number of nitrogens with two attached hydrogens (primary N) is 1. The average molecular weight is 233 g/mol. The van der Waals surface area contributed by atoms with Crippen molar-refractivity contribution in [1.29, 1.82) is 0 Å². The van der Waals surface area contributed by atoms with Gasteiger partial charge in [0, 0.05) is 18.0 Å². The minimum Gasteiger partial charge on any atom is -0.370 e. The lowest BCUT2D eigenvalue weighted by molar-refractivity contribution is -0.118. The molecule has 5 heteroatoms. The zero-order valence-electron chi connectivity index (χ0n) is 9.64. The van der Waals surface area contributed by atoms with Gasteiger partial charge < -0.3 is 10.7 Å². The molecule has 1 heterocycles. The molecular weight excluding hydrogens is 218 g/mol. The van der Waals surface area contributed by atoms with Crippen molar-refractivity contribution >= 4 is 16.8 Å². The Labute approximate surface area is 98.7 Å². The fourth-order valence-electron chi connectivity index (χ4n) is 1.25. The van der Waals surface area contributed by atoms with Gasteiger partial charge in [-0.1, -0.05) is 25.1 Å². The molecule has 0 atom stereocenters. The third-order valence-electron chi connectivity index (χ3n) is 2.02. The van der Waals surface area contributed by atoms with Crippen LogP contribution in [0.3, 0.4) is 0 Å². The number of H-pyrrole nitrogens is 1. The second-order valence-corrected chi connectivity index (χ2v) is 3.49. The van der Waals surface area contributed by atoms with Gasteiger partial charge in [-0.15, -0.1) is 0 Å². The van der Waals surface area contributed by atoms with Crippen LogP contribution in [-0.2, 0) is 4.79 Å². The molecular formula is C12H15N3O2. The highest BCUT2D eigenvalue weighted by Gasteiger charge is 1.90. The van der Waals surface area contributed by atoms with Crippen LogP contribution >= 0.6 is 0 Å². The number of benzene rings is 1. The molecule has 1 amide bonds. The topological polar surface area (TPSA) is 88.8 Å². The van der Waals surface area contributed by atoms with Crippen molar-refractivity contribution in [1.82, 2.24) is 9.97 Å². The Bertz CT molecular complexity index is 548. The van der Waals surface area contributed by atoms with E-state index in [0.29, 0.717) is 6.42 Å². The molecule has 3 N–H and O–H groups in total. The number of rotatable bonds is 2. The van der Waals surface area contributed by atoms with E-state index in [2.05, 4.69) is 9.97 Å². The summed E-state index contributed by atoms with van der Waals surface area (Å²) >= 11 is 0. The number of fused-ring (bicyclic) bond motifs is 1. The summed E-state index contributed by atoms with van der Waals surface area (Å²) in [6, 6.07) is 7.53. The van der Waals surface area contributed by atoms with Crippen molar-refractivity contribution in [2.24, 2.45) is 5.73 Å². The Morgan fingerprint density at radius 2 is 2.12 bits per heavy atom. The molecule has 90 valence electrons. The fraction of sp³-hybridized carbons (Fsp3) is 0.250. The van der Waals surface area contributed by atoms with E-state index in [0.717, 1.165) is 17.3 Å². The number of para-hydroxylation sites is 1. The van der Waals surface area contributed by atoms with Crippen molar-refractivity contribution < 1.29 is 4.79 Å². The highest BCUT2D eigenvalue weighted by Crippen LogP contribution is 2.05. The van der Waals surface area contributed by atoms with Crippen LogP contribution in [0.15, 0.2) is 35.3 Å². The van der Waals surface area contributed by atoms with Gasteiger partial charge in [0.15, 0.2) is 0 Å². The Balaban J connectivity index is 0.000000209. The third kappa shape index (κ3) is 4.46. The molecule has 0 aliphatic rings. The maximum atomic E-state index is 10.7. The normalized spacial score (nSPS) is 9.47. The lowest BCUT2D eigenvalue weighted by Gasteiger charge is -1.92. The summed E-state index contributed by atoms with van der Waals surface area (Å²) in [5.74, 6) is -0.211. The van der Waals surface area contributed by atoms with Crippen LogP contribution in [0.5, 0.6) is 0 Å². The molecule has 1 aromatic carbocycles. The molecule has 0 aliphatic heterocycles. The van der Waals surface area contributed by atoms with E-state index in [-0.39, 0.29) is 11.6 Å². The van der Waals surface area contributed by atoms with Crippen molar-refractivity contribution in [3.63, 3.8) is 0 Å². The van der Waals surface area contributed by atoms with Gasteiger partial charge in [-0.05, 0) is 12.5 Å². The first-order valence-corrected chi connectivity index (χ1v) is 5.36. The minimum atomic E-state index is -0.302. The van der Waals surface area contributed by atoms with Crippen molar-refractivity contribution in [2.75, 3.05) is 0 Å². The quantitative estimate of drug-likeness (QED) is 0.816. The van der Waals surface area contributed by atoms with E-state index in [1.54, 1.807) is 6.20 Å². The molecule has 0 saturated heterocycles. The largest absolute Gasteiger partial charge is 0.370 e. The Hall–Kier alpha value is -2.17. The van der Waals surface area contributed by atoms with Crippen molar-refractivity contribution in [3.05, 3.63) is 40.9 Å². The average Bonchev–Trinajstić information content (AvgIpc) is 2.29. The zero-order valence-corrected chi connectivity index (χ0v) is 9.64. The SMILES string of the molecule is CCCC(N)=O.O=c1ncc2ccccc2[nH]1. The molecule has 0 radical (unpaired) electrons. The van der Waals surface area contributed by atoms with Gasteiger partial charge in [-0.25, -0.2) is 9.78 Å². The van der Waals surface area contributed by atoms with Crippen LogP contribution in [0.1, 0.15) is 19.8 Å². The molecule has 0 fully saturated rings. The second-order valence-electron chi connectivity index (χ2n) is 3.49. The van der Waals surface area contributed by atoms with E-state index in [1.807, 2.05) is 31.2 Å². The van der Waals surface area contributed by atoms with Crippen LogP contribution in [0, 0.1) is 0 Å². The van der Waals surface area contributed by atoms with Crippen LogP contribution in [-0.4, -0.2) is 15.9 Å². The Kier molecular flexibility index (Phi) is 4.87. The molecule has 2 rings (SSSR count). The molecule has 0 spiro atoms. The first-order valence-electron chi connectivity index (χ1n) is 5.36. The molecule has 2 aromatic rings. The fourth-order valence-corrected chi connectivity index (χ4v) is 1.25. The highest BCUT2D eigenvalue weighted by atomic mass is 16.1. The van der Waals surface area contributed by atoms with Gasteiger partial charge in [-0.3, -0.25) is 4.79 Å². The van der Waals surface area contributed by atoms with Gasteiger partial charge in [0.05, 0.1) is 5.52 Å². The molecule has 0 saturated carbocycles. The second kappa shape index (κ2) is 6.42. The predicted octanol–water partition coefficient (Wildman–Crippen LogP) is 1.19. The number of carbonyl (C=O) groups is 1. The monoisotopic (exact) mass is 233 g/mol. The molecule has 0 aliphatic carbocycles. The first-order chi connectivity index (χ1) is 8.13. The molecule has 0 bridgehead atoms. The summed E-state index contributed by atoms with van der Waals surface area (Å²) in [7, 11) is 0. The highest BCUT2D eigenvalue weighted by molar-refractivity contribution is 5.76. The standard InChI is InChI=1S/C8H6N2O.C4H9NO/c11-8-9-5-6-3-1-2-4-7(6)10-8;1-2-3-4(5)6/h1-5H,(H,9,10,11);2-3H2,1H3,(H2,5,6). The zero-order chi connectivity index (χ0) is 12.7. The summed E-state index contributed by atoms with van der Waals surface area (Å²) in [5, 5.41) is 0.951. The van der Waals surface area contributed by atoms with Gasteiger partial charge in [0.25, 0.3) is 0 Å². The van der Waals surface area contributed by atoms with E-state index >= 15 is 0 Å². The van der Waals surface area contributed by atoms with Crippen LogP contribution in [0.4, 0.5) is 0 Å². The maximum Gasteiger partial charge on any atom is 0.345 e. The van der Waals surface area contributed by atoms with E-state index < -0.39 is 0 Å². The lowest BCUT2D eigenvalue weighted by Crippen LogP contribution is -2.08. The van der Waals surface area contributed by atoms with Gasteiger partial charge in [-0.2, -0.15) is 0 Å². The number of amides is 1. The number of carbonyl (C=O) groups excluding carboxylic acids is 1. The first kappa shape index (κ1) is 12.9. The molecule has 17 heavy (non-hydrogen) atoms. The molecule has 0 unspecified atom stereocenters. The van der Waals surface area contributed by atoms with E-state index in [4.69, 9.17) is 5.73 Å². The van der Waals surface area contributed by atoms with E-state index in [9.17, 15) is 9.59 Å². The summed E-state index contributed by atoms with van der Waals surface area (Å²) in [5.41, 5.74) is 5.29. The Morgan fingerprint density at radius 1 is 1.41 bits per heavy atom. The number of aromatic nitrogens is 2. The van der Waals surface area contributed by atoms with Crippen LogP contribution < -0.4 is 11.4 Å². The van der Waals surface area contributed by atoms with Gasteiger partial charge in [0.2, 0.25) is 5.91 Å².